The van der Waals surface area contributed by atoms with Gasteiger partial charge < -0.3 is 4.74 Å². The average molecular weight is 268 g/mol. The zero-order valence-corrected chi connectivity index (χ0v) is 11.1. The molecule has 0 unspecified atom stereocenters. The molecule has 0 radical (unpaired) electrons. The lowest BCUT2D eigenvalue weighted by Crippen LogP contribution is -2.18. The molecule has 1 fully saturated rings. The van der Waals surface area contributed by atoms with Gasteiger partial charge in [0.1, 0.15) is 0 Å². The molecule has 0 aromatic heterocycles. The van der Waals surface area contributed by atoms with E-state index in [1.54, 1.807) is 18.2 Å². The lowest BCUT2D eigenvalue weighted by Gasteiger charge is -2.11. The summed E-state index contributed by atoms with van der Waals surface area (Å²) >= 11 is 0. The smallest absolute Gasteiger partial charge is 0.337 e. The second-order valence-corrected chi connectivity index (χ2v) is 6.70. The standard InChI is InChI=1S/C13H16O4S/c1-17-13(14)10-5-4-8-12(9-10)18(15,16)11-6-2-3-7-11/h4-5,8-9,11H,2-3,6-7H2,1H3. The Hall–Kier alpha value is -1.36. The second kappa shape index (κ2) is 5.10. The van der Waals surface area contributed by atoms with E-state index in [1.165, 1.54) is 13.2 Å². The lowest BCUT2D eigenvalue weighted by molar-refractivity contribution is 0.0600. The number of hydrogen-bond donors (Lipinski definition) is 0. The highest BCUT2D eigenvalue weighted by molar-refractivity contribution is 7.92. The molecular formula is C13H16O4S. The molecule has 0 N–H and O–H groups in total. The predicted molar refractivity (Wildman–Crippen MR) is 67.2 cm³/mol. The molecule has 98 valence electrons. The minimum atomic E-state index is -3.31. The quantitative estimate of drug-likeness (QED) is 0.788. The maximum absolute atomic E-state index is 12.3. The highest BCUT2D eigenvalue weighted by Gasteiger charge is 2.30. The van der Waals surface area contributed by atoms with E-state index in [4.69, 9.17) is 0 Å². The Morgan fingerprint density at radius 2 is 1.94 bits per heavy atom. The summed E-state index contributed by atoms with van der Waals surface area (Å²) in [5.74, 6) is -0.515. The molecule has 1 aromatic rings. The summed E-state index contributed by atoms with van der Waals surface area (Å²) < 4.78 is 29.3. The van der Waals surface area contributed by atoms with E-state index in [0.29, 0.717) is 12.8 Å². The number of methoxy groups -OCH3 is 1. The van der Waals surface area contributed by atoms with Crippen LogP contribution in [0.3, 0.4) is 0 Å². The number of carbonyl (C=O) groups excluding carboxylic acids is 1. The Morgan fingerprint density at radius 3 is 2.56 bits per heavy atom. The van der Waals surface area contributed by atoms with Crippen LogP contribution in [0.2, 0.25) is 0 Å². The van der Waals surface area contributed by atoms with Crippen molar-refractivity contribution in [1.29, 1.82) is 0 Å². The van der Waals surface area contributed by atoms with Gasteiger partial charge in [-0.2, -0.15) is 0 Å². The van der Waals surface area contributed by atoms with Gasteiger partial charge in [0.15, 0.2) is 9.84 Å². The lowest BCUT2D eigenvalue weighted by atomic mass is 10.2. The SMILES string of the molecule is COC(=O)c1cccc(S(=O)(=O)C2CCCC2)c1. The fourth-order valence-electron chi connectivity index (χ4n) is 2.31. The third-order valence-corrected chi connectivity index (χ3v) is 5.58. The maximum Gasteiger partial charge on any atom is 0.337 e. The van der Waals surface area contributed by atoms with E-state index in [-0.39, 0.29) is 15.7 Å². The van der Waals surface area contributed by atoms with E-state index in [0.717, 1.165) is 12.8 Å². The number of hydrogen-bond acceptors (Lipinski definition) is 4. The molecule has 18 heavy (non-hydrogen) atoms. The fourth-order valence-corrected chi connectivity index (χ4v) is 4.21. The van der Waals surface area contributed by atoms with E-state index in [1.807, 2.05) is 0 Å². The van der Waals surface area contributed by atoms with Gasteiger partial charge in [0.2, 0.25) is 0 Å². The summed E-state index contributed by atoms with van der Waals surface area (Å²) in [6.45, 7) is 0. The van der Waals surface area contributed by atoms with Crippen LogP contribution in [0.1, 0.15) is 36.0 Å². The largest absolute Gasteiger partial charge is 0.465 e. The predicted octanol–water partition coefficient (Wildman–Crippen LogP) is 2.19. The first kappa shape index (κ1) is 13.1. The van der Waals surface area contributed by atoms with Gasteiger partial charge in [0.05, 0.1) is 22.8 Å². The molecule has 1 aromatic carbocycles. The van der Waals surface area contributed by atoms with Crippen LogP contribution in [0.15, 0.2) is 29.2 Å². The van der Waals surface area contributed by atoms with Crippen LogP contribution in [0, 0.1) is 0 Å². The normalized spacial score (nSPS) is 16.7. The second-order valence-electron chi connectivity index (χ2n) is 4.47. The maximum atomic E-state index is 12.3. The van der Waals surface area contributed by atoms with Crippen molar-refractivity contribution in [3.05, 3.63) is 29.8 Å². The molecule has 1 aliphatic carbocycles. The monoisotopic (exact) mass is 268 g/mol. The zero-order chi connectivity index (χ0) is 13.2. The van der Waals surface area contributed by atoms with Crippen LogP contribution >= 0.6 is 0 Å². The average Bonchev–Trinajstić information content (AvgIpc) is 2.92. The Kier molecular flexibility index (Phi) is 3.71. The third kappa shape index (κ3) is 2.41. The van der Waals surface area contributed by atoms with Crippen molar-refractivity contribution in [2.75, 3.05) is 7.11 Å². The van der Waals surface area contributed by atoms with Gasteiger partial charge in [0, 0.05) is 0 Å². The molecule has 5 heteroatoms. The summed E-state index contributed by atoms with van der Waals surface area (Å²) in [5, 5.41) is -0.301. The van der Waals surface area contributed by atoms with Crippen molar-refractivity contribution >= 4 is 15.8 Å². The number of esters is 1. The van der Waals surface area contributed by atoms with Crippen molar-refractivity contribution in [1.82, 2.24) is 0 Å². The van der Waals surface area contributed by atoms with Gasteiger partial charge in [0.25, 0.3) is 0 Å². The van der Waals surface area contributed by atoms with E-state index >= 15 is 0 Å². The van der Waals surface area contributed by atoms with Gasteiger partial charge in [-0.05, 0) is 31.0 Å². The van der Waals surface area contributed by atoms with E-state index < -0.39 is 15.8 Å². The molecule has 0 amide bonds. The van der Waals surface area contributed by atoms with Crippen molar-refractivity contribution in [3.8, 4) is 0 Å². The third-order valence-electron chi connectivity index (χ3n) is 3.32. The van der Waals surface area contributed by atoms with Crippen molar-refractivity contribution in [2.45, 2.75) is 35.8 Å². The number of carbonyl (C=O) groups is 1. The van der Waals surface area contributed by atoms with Crippen LogP contribution in [0.5, 0.6) is 0 Å². The Morgan fingerprint density at radius 1 is 1.28 bits per heavy atom. The van der Waals surface area contributed by atoms with Crippen molar-refractivity contribution < 1.29 is 17.9 Å². The van der Waals surface area contributed by atoms with Gasteiger partial charge in [-0.15, -0.1) is 0 Å². The Bertz CT molecular complexity index is 542. The first-order valence-corrected chi connectivity index (χ1v) is 7.52. The van der Waals surface area contributed by atoms with Crippen molar-refractivity contribution in [3.63, 3.8) is 0 Å². The molecule has 0 saturated heterocycles. The van der Waals surface area contributed by atoms with Crippen LogP contribution in [-0.4, -0.2) is 26.7 Å². The summed E-state index contributed by atoms with van der Waals surface area (Å²) in [6, 6.07) is 6.08. The molecule has 2 rings (SSSR count). The Labute approximate surface area is 107 Å². The van der Waals surface area contributed by atoms with Gasteiger partial charge in [-0.25, -0.2) is 13.2 Å². The van der Waals surface area contributed by atoms with Crippen LogP contribution in [0.4, 0.5) is 0 Å². The van der Waals surface area contributed by atoms with Crippen molar-refractivity contribution in [2.24, 2.45) is 0 Å². The number of sulfone groups is 1. The molecule has 0 spiro atoms. The van der Waals surface area contributed by atoms with E-state index in [2.05, 4.69) is 4.74 Å². The topological polar surface area (TPSA) is 60.4 Å². The minimum absolute atomic E-state index is 0.220. The van der Waals surface area contributed by atoms with Crippen LogP contribution in [-0.2, 0) is 14.6 Å². The summed E-state index contributed by atoms with van der Waals surface area (Å²) in [7, 11) is -2.03. The number of benzene rings is 1. The molecule has 4 nitrogen and oxygen atoms in total. The highest BCUT2D eigenvalue weighted by Crippen LogP contribution is 2.29. The van der Waals surface area contributed by atoms with Gasteiger partial charge in [-0.1, -0.05) is 18.9 Å². The first-order chi connectivity index (χ1) is 8.55. The summed E-state index contributed by atoms with van der Waals surface area (Å²) in [4.78, 5) is 11.6. The van der Waals surface area contributed by atoms with E-state index in [9.17, 15) is 13.2 Å². The van der Waals surface area contributed by atoms with Gasteiger partial charge in [-0.3, -0.25) is 0 Å². The molecule has 0 heterocycles. The minimum Gasteiger partial charge on any atom is -0.465 e. The zero-order valence-electron chi connectivity index (χ0n) is 10.3. The number of ether oxygens (including phenoxy) is 1. The first-order valence-electron chi connectivity index (χ1n) is 5.98. The molecule has 0 aliphatic heterocycles. The highest BCUT2D eigenvalue weighted by atomic mass is 32.2. The molecule has 0 atom stereocenters. The van der Waals surface area contributed by atoms with Gasteiger partial charge >= 0.3 is 5.97 Å². The molecule has 0 bridgehead atoms. The van der Waals surface area contributed by atoms with Crippen LogP contribution < -0.4 is 0 Å². The molecule has 1 saturated carbocycles. The fraction of sp³-hybridized carbons (Fsp3) is 0.462. The summed E-state index contributed by atoms with van der Waals surface area (Å²) in [6.07, 6.45) is 3.34. The molecule has 1 aliphatic rings. The molecular weight excluding hydrogens is 252 g/mol. The number of rotatable bonds is 3. The summed E-state index contributed by atoms with van der Waals surface area (Å²) in [5.41, 5.74) is 0.275. The van der Waals surface area contributed by atoms with Crippen LogP contribution in [0.25, 0.3) is 0 Å². The Balaban J connectivity index is 2.35.